The van der Waals surface area contributed by atoms with Gasteiger partial charge in [0.15, 0.2) is 0 Å². The van der Waals surface area contributed by atoms with Crippen LogP contribution in [0.4, 0.5) is 0 Å². The fraction of sp³-hybridized carbons (Fsp3) is 0.0588. The zero-order valence-electron chi connectivity index (χ0n) is 11.9. The molecular formula is C17H13Cl2N2Zr-. The van der Waals surface area contributed by atoms with Crippen LogP contribution >= 0.6 is 17.0 Å². The summed E-state index contributed by atoms with van der Waals surface area (Å²) in [5.41, 5.74) is 3.58. The summed E-state index contributed by atoms with van der Waals surface area (Å²) in [5, 5.41) is 8.24. The van der Waals surface area contributed by atoms with E-state index >= 15 is 0 Å². The van der Waals surface area contributed by atoms with Crippen LogP contribution in [0, 0.1) is 6.92 Å². The molecule has 4 rings (SSSR count). The molecule has 3 aromatic carbocycles. The fourth-order valence-electron chi connectivity index (χ4n) is 2.72. The van der Waals surface area contributed by atoms with Gasteiger partial charge in [-0.15, -0.1) is 34.5 Å². The van der Waals surface area contributed by atoms with Crippen molar-refractivity contribution in [3.05, 3.63) is 66.4 Å². The predicted octanol–water partition coefficient (Wildman–Crippen LogP) is 5.58. The van der Waals surface area contributed by atoms with Crippen molar-refractivity contribution in [2.24, 2.45) is 0 Å². The van der Waals surface area contributed by atoms with Crippen molar-refractivity contribution < 1.29 is 20.8 Å². The van der Waals surface area contributed by atoms with E-state index in [4.69, 9.17) is 17.0 Å². The normalized spacial score (nSPS) is 10.5. The number of aryl methyl sites for hydroxylation is 1. The first kappa shape index (κ1) is 15.9. The molecule has 0 fully saturated rings. The molecule has 110 valence electrons. The van der Waals surface area contributed by atoms with Gasteiger partial charge in [0.25, 0.3) is 0 Å². The number of halogens is 2. The Labute approximate surface area is 147 Å². The summed E-state index contributed by atoms with van der Waals surface area (Å²) in [5.74, 6) is 0. The van der Waals surface area contributed by atoms with E-state index in [9.17, 15) is 0 Å². The molecule has 0 saturated carbocycles. The Bertz CT molecular complexity index is 911. The number of para-hydroxylation sites is 1. The third-order valence-corrected chi connectivity index (χ3v) is 3.58. The molecule has 0 unspecified atom stereocenters. The van der Waals surface area contributed by atoms with E-state index in [0.717, 1.165) is 11.2 Å². The van der Waals surface area contributed by atoms with Crippen molar-refractivity contribution in [1.82, 2.24) is 9.78 Å². The molecular weight excluding hydrogens is 394 g/mol. The Morgan fingerprint density at radius 2 is 1.86 bits per heavy atom. The SMILES string of the molecule is Cc1cc2c(-n3ncc4ccccc43)cccc2[cH-]1.[Cl][Zr][Cl]. The van der Waals surface area contributed by atoms with Gasteiger partial charge in [0.1, 0.15) is 0 Å². The van der Waals surface area contributed by atoms with Crippen molar-refractivity contribution in [3.63, 3.8) is 0 Å². The summed E-state index contributed by atoms with van der Waals surface area (Å²) in [6.07, 6.45) is 1.92. The Kier molecular flexibility index (Phi) is 5.08. The van der Waals surface area contributed by atoms with Gasteiger partial charge in [0, 0.05) is 11.1 Å². The molecule has 2 nitrogen and oxygen atoms in total. The average molecular weight is 407 g/mol. The van der Waals surface area contributed by atoms with E-state index in [0.29, 0.717) is 0 Å². The summed E-state index contributed by atoms with van der Waals surface area (Å²) < 4.78 is 2.02. The summed E-state index contributed by atoms with van der Waals surface area (Å²) >= 11 is -0.826. The Morgan fingerprint density at radius 3 is 2.68 bits per heavy atom. The number of hydrogen-bond acceptors (Lipinski definition) is 1. The van der Waals surface area contributed by atoms with Crippen LogP contribution in [-0.4, -0.2) is 9.78 Å². The average Bonchev–Trinajstić information content (AvgIpc) is 3.10. The maximum absolute atomic E-state index is 4.93. The number of rotatable bonds is 1. The second-order valence-electron chi connectivity index (χ2n) is 5.00. The van der Waals surface area contributed by atoms with E-state index in [2.05, 4.69) is 60.6 Å². The van der Waals surface area contributed by atoms with Crippen LogP contribution in [0.25, 0.3) is 27.4 Å². The van der Waals surface area contributed by atoms with Crippen molar-refractivity contribution in [2.75, 3.05) is 0 Å². The Morgan fingerprint density at radius 1 is 1.09 bits per heavy atom. The number of benzene rings is 2. The number of aromatic nitrogens is 2. The molecule has 1 heterocycles. The zero-order valence-corrected chi connectivity index (χ0v) is 15.9. The van der Waals surface area contributed by atoms with Gasteiger partial charge in [-0.1, -0.05) is 31.2 Å². The third kappa shape index (κ3) is 3.03. The number of fused-ring (bicyclic) bond motifs is 2. The second-order valence-corrected chi connectivity index (χ2v) is 8.73. The van der Waals surface area contributed by atoms with Crippen LogP contribution in [0.5, 0.6) is 0 Å². The van der Waals surface area contributed by atoms with Gasteiger partial charge in [-0.3, -0.25) is 0 Å². The maximum atomic E-state index is 4.93. The number of nitrogens with zero attached hydrogens (tertiary/aromatic N) is 2. The van der Waals surface area contributed by atoms with Gasteiger partial charge >= 0.3 is 37.9 Å². The molecule has 1 aromatic heterocycles. The summed E-state index contributed by atoms with van der Waals surface area (Å²) in [7, 11) is 9.87. The van der Waals surface area contributed by atoms with E-state index in [1.165, 1.54) is 21.7 Å². The van der Waals surface area contributed by atoms with E-state index in [1.54, 1.807) is 0 Å². The molecule has 0 atom stereocenters. The van der Waals surface area contributed by atoms with E-state index in [-0.39, 0.29) is 0 Å². The predicted molar refractivity (Wildman–Crippen MR) is 90.6 cm³/mol. The minimum absolute atomic E-state index is 0.826. The first-order chi connectivity index (χ1) is 10.7. The van der Waals surface area contributed by atoms with Crippen LogP contribution in [0.3, 0.4) is 0 Å². The van der Waals surface area contributed by atoms with E-state index in [1.807, 2.05) is 16.9 Å². The molecule has 0 spiro atoms. The monoisotopic (exact) mass is 405 g/mol. The summed E-state index contributed by atoms with van der Waals surface area (Å²) in [6.45, 7) is 2.13. The van der Waals surface area contributed by atoms with Gasteiger partial charge in [0.05, 0.1) is 11.7 Å². The zero-order chi connectivity index (χ0) is 15.5. The van der Waals surface area contributed by atoms with Gasteiger partial charge in [-0.2, -0.15) is 11.2 Å². The quantitative estimate of drug-likeness (QED) is 0.377. The molecule has 0 aliphatic heterocycles. The van der Waals surface area contributed by atoms with Crippen LogP contribution in [0.2, 0.25) is 0 Å². The van der Waals surface area contributed by atoms with Crippen LogP contribution < -0.4 is 0 Å². The molecule has 0 aliphatic carbocycles. The topological polar surface area (TPSA) is 17.8 Å². The first-order valence-corrected chi connectivity index (χ1v) is 13.1. The molecule has 4 aromatic rings. The van der Waals surface area contributed by atoms with Crippen molar-refractivity contribution in [2.45, 2.75) is 6.92 Å². The standard InChI is InChI=1S/C17H13N2.2ClH.Zr/c1-12-9-13-6-4-8-17(15(13)10-12)19-16-7-3-2-5-14(16)11-18-19;;;/h2-11H,1H3;2*1H;/q-1;;;+2/p-2. The summed E-state index contributed by atoms with van der Waals surface area (Å²) in [4.78, 5) is 0. The van der Waals surface area contributed by atoms with Gasteiger partial charge < -0.3 is 0 Å². The minimum atomic E-state index is -0.826. The molecule has 0 radical (unpaired) electrons. The molecule has 0 N–H and O–H groups in total. The van der Waals surface area contributed by atoms with Gasteiger partial charge in [0.2, 0.25) is 0 Å². The van der Waals surface area contributed by atoms with Crippen LogP contribution in [-0.2, 0) is 20.8 Å². The second kappa shape index (κ2) is 7.04. The van der Waals surface area contributed by atoms with Crippen molar-refractivity contribution in [1.29, 1.82) is 0 Å². The summed E-state index contributed by atoms with van der Waals surface area (Å²) in [6, 6.07) is 19.1. The molecule has 22 heavy (non-hydrogen) atoms. The van der Waals surface area contributed by atoms with Gasteiger partial charge in [-0.05, 0) is 6.07 Å². The van der Waals surface area contributed by atoms with Crippen molar-refractivity contribution >= 4 is 38.7 Å². The molecule has 0 bridgehead atoms. The molecule has 0 aliphatic rings. The van der Waals surface area contributed by atoms with Crippen LogP contribution in [0.1, 0.15) is 5.56 Å². The third-order valence-electron chi connectivity index (χ3n) is 3.58. The van der Waals surface area contributed by atoms with Crippen molar-refractivity contribution in [3.8, 4) is 5.69 Å². The Hall–Kier alpha value is -1.02. The number of hydrogen-bond donors (Lipinski definition) is 0. The Balaban J connectivity index is 0.000000446. The van der Waals surface area contributed by atoms with Crippen LogP contribution in [0.15, 0.2) is 60.8 Å². The van der Waals surface area contributed by atoms with E-state index < -0.39 is 20.8 Å². The first-order valence-electron chi connectivity index (χ1n) is 6.80. The fourth-order valence-corrected chi connectivity index (χ4v) is 2.72. The molecule has 0 amide bonds. The molecule has 5 heteroatoms. The molecule has 0 saturated heterocycles. The van der Waals surface area contributed by atoms with Gasteiger partial charge in [-0.25, -0.2) is 4.68 Å².